The maximum Gasteiger partial charge on any atom is 0.330 e. The predicted octanol–water partition coefficient (Wildman–Crippen LogP) is 2.04. The van der Waals surface area contributed by atoms with Gasteiger partial charge in [-0.1, -0.05) is 13.8 Å². The van der Waals surface area contributed by atoms with Crippen LogP contribution in [0.4, 0.5) is 11.9 Å². The third kappa shape index (κ3) is 6.02. The van der Waals surface area contributed by atoms with E-state index in [2.05, 4.69) is 44.5 Å². The zero-order valence-electron chi connectivity index (χ0n) is 15.5. The van der Waals surface area contributed by atoms with Crippen molar-refractivity contribution < 1.29 is 4.74 Å². The van der Waals surface area contributed by atoms with Crippen molar-refractivity contribution in [3.05, 3.63) is 22.5 Å². The molecule has 136 valence electrons. The molecule has 0 saturated carbocycles. The Morgan fingerprint density at radius 1 is 1.16 bits per heavy atom. The topological polar surface area (TPSA) is 107 Å². The van der Waals surface area contributed by atoms with Crippen LogP contribution in [0.25, 0.3) is 0 Å². The van der Waals surface area contributed by atoms with Crippen molar-refractivity contribution in [2.45, 2.75) is 40.2 Å². The molecule has 0 fully saturated rings. The summed E-state index contributed by atoms with van der Waals surface area (Å²) in [5.41, 5.74) is -0.444. The van der Waals surface area contributed by atoms with Crippen molar-refractivity contribution in [1.29, 1.82) is 0 Å². The van der Waals surface area contributed by atoms with E-state index in [0.29, 0.717) is 17.8 Å². The molecule has 0 aromatic carbocycles. The highest BCUT2D eigenvalue weighted by Crippen LogP contribution is 2.19. The van der Waals surface area contributed by atoms with Crippen LogP contribution < -0.4 is 20.9 Å². The normalized spacial score (nSPS) is 11.5. The molecule has 2 aromatic heterocycles. The molecule has 0 unspecified atom stereocenters. The Balaban J connectivity index is 2.30. The van der Waals surface area contributed by atoms with Gasteiger partial charge in [-0.05, 0) is 26.7 Å². The lowest BCUT2D eigenvalue weighted by atomic mass is 10.1. The van der Waals surface area contributed by atoms with E-state index in [-0.39, 0.29) is 23.0 Å². The molecule has 0 aliphatic heterocycles. The summed E-state index contributed by atoms with van der Waals surface area (Å²) in [4.78, 5) is 24.3. The van der Waals surface area contributed by atoms with Gasteiger partial charge in [-0.2, -0.15) is 15.0 Å². The van der Waals surface area contributed by atoms with Gasteiger partial charge in [0.2, 0.25) is 17.8 Å². The van der Waals surface area contributed by atoms with Crippen molar-refractivity contribution in [3.63, 3.8) is 0 Å². The second-order valence-corrected chi connectivity index (χ2v) is 7.15. The fourth-order valence-corrected chi connectivity index (χ4v) is 1.80. The number of rotatable bonds is 6. The second-order valence-electron chi connectivity index (χ2n) is 7.15. The lowest BCUT2D eigenvalue weighted by molar-refractivity contribution is 0.406. The zero-order chi connectivity index (χ0) is 18.6. The number of nitrogens with one attached hydrogen (secondary N) is 2. The summed E-state index contributed by atoms with van der Waals surface area (Å²) >= 11 is 0. The van der Waals surface area contributed by atoms with E-state index in [1.54, 1.807) is 7.05 Å². The minimum absolute atomic E-state index is 0.0964. The van der Waals surface area contributed by atoms with Crippen molar-refractivity contribution >= 4 is 11.9 Å². The first-order valence-electron chi connectivity index (χ1n) is 8.13. The zero-order valence-corrected chi connectivity index (χ0v) is 15.5. The molecule has 0 bridgehead atoms. The largest absolute Gasteiger partial charge is 0.403 e. The number of aromatic nitrogens is 5. The van der Waals surface area contributed by atoms with Gasteiger partial charge in [0.1, 0.15) is 0 Å². The Kier molecular flexibility index (Phi) is 5.55. The summed E-state index contributed by atoms with van der Waals surface area (Å²) in [5.74, 6) is 1.47. The van der Waals surface area contributed by atoms with E-state index >= 15 is 0 Å². The van der Waals surface area contributed by atoms with Crippen LogP contribution >= 0.6 is 0 Å². The third-order valence-electron chi connectivity index (χ3n) is 2.90. The van der Waals surface area contributed by atoms with Crippen molar-refractivity contribution in [1.82, 2.24) is 24.7 Å². The highest BCUT2D eigenvalue weighted by atomic mass is 16.5. The van der Waals surface area contributed by atoms with Gasteiger partial charge in [-0.25, -0.2) is 4.68 Å². The summed E-state index contributed by atoms with van der Waals surface area (Å²) < 4.78 is 6.79. The third-order valence-corrected chi connectivity index (χ3v) is 2.90. The van der Waals surface area contributed by atoms with Gasteiger partial charge < -0.3 is 15.4 Å². The van der Waals surface area contributed by atoms with Crippen LogP contribution in [0.3, 0.4) is 0 Å². The smallest absolute Gasteiger partial charge is 0.330 e. The maximum atomic E-state index is 11.4. The first kappa shape index (κ1) is 18.6. The summed E-state index contributed by atoms with van der Waals surface area (Å²) in [7, 11) is 1.55. The van der Waals surface area contributed by atoms with Crippen molar-refractivity contribution in [3.8, 4) is 11.9 Å². The Morgan fingerprint density at radius 2 is 1.84 bits per heavy atom. The molecule has 0 radical (unpaired) electrons. The molecule has 2 rings (SSSR count). The molecule has 0 aliphatic carbocycles. The van der Waals surface area contributed by atoms with Crippen LogP contribution in [-0.4, -0.2) is 36.8 Å². The summed E-state index contributed by atoms with van der Waals surface area (Å²) in [6.07, 6.45) is 0. The molecular formula is C16H25N7O2. The first-order valence-corrected chi connectivity index (χ1v) is 8.13. The molecule has 0 aliphatic rings. The fraction of sp³-hybridized carbons (Fsp3) is 0.562. The molecule has 0 saturated heterocycles. The standard InChI is InChI=1S/C16H25N7O2/c1-10(2)9-17-13-18-14(21-16(3,4)5)20-15(19-13)25-11-7-8-12(24)23(6)22-11/h7-8,10H,9H2,1-6H3,(H2,17,18,19,20,21). The molecule has 9 nitrogen and oxygen atoms in total. The lowest BCUT2D eigenvalue weighted by Crippen LogP contribution is -2.28. The minimum atomic E-state index is -0.225. The molecule has 0 atom stereocenters. The van der Waals surface area contributed by atoms with E-state index in [1.807, 2.05) is 20.8 Å². The van der Waals surface area contributed by atoms with Gasteiger partial charge in [0.25, 0.3) is 5.56 Å². The Hall–Kier alpha value is -2.71. The summed E-state index contributed by atoms with van der Waals surface area (Å²) in [6, 6.07) is 2.94. The maximum absolute atomic E-state index is 11.4. The second kappa shape index (κ2) is 7.45. The molecule has 9 heteroatoms. The van der Waals surface area contributed by atoms with E-state index < -0.39 is 0 Å². The molecular weight excluding hydrogens is 322 g/mol. The van der Waals surface area contributed by atoms with E-state index in [9.17, 15) is 4.79 Å². The first-order chi connectivity index (χ1) is 11.6. The van der Waals surface area contributed by atoms with Crippen molar-refractivity contribution in [2.75, 3.05) is 17.2 Å². The van der Waals surface area contributed by atoms with Gasteiger partial charge in [-0.3, -0.25) is 4.79 Å². The van der Waals surface area contributed by atoms with Crippen LogP contribution in [0.2, 0.25) is 0 Å². The van der Waals surface area contributed by atoms with Gasteiger partial charge in [-0.15, -0.1) is 5.10 Å². The highest BCUT2D eigenvalue weighted by molar-refractivity contribution is 5.38. The number of hydrogen-bond donors (Lipinski definition) is 2. The molecule has 2 aromatic rings. The average molecular weight is 347 g/mol. The van der Waals surface area contributed by atoms with Crippen LogP contribution in [0, 0.1) is 5.92 Å². The van der Waals surface area contributed by atoms with Crippen LogP contribution in [0.5, 0.6) is 11.9 Å². The van der Waals surface area contributed by atoms with Gasteiger partial charge in [0, 0.05) is 31.3 Å². The van der Waals surface area contributed by atoms with E-state index in [0.717, 1.165) is 6.54 Å². The van der Waals surface area contributed by atoms with Crippen LogP contribution in [0.15, 0.2) is 16.9 Å². The quantitative estimate of drug-likeness (QED) is 0.817. The SMILES string of the molecule is CC(C)CNc1nc(NC(C)(C)C)nc(Oc2ccc(=O)n(C)n2)n1. The fourth-order valence-electron chi connectivity index (χ4n) is 1.80. The number of nitrogens with zero attached hydrogens (tertiary/aromatic N) is 5. The Labute approximate surface area is 146 Å². The van der Waals surface area contributed by atoms with Gasteiger partial charge in [0.15, 0.2) is 0 Å². The summed E-state index contributed by atoms with van der Waals surface area (Å²) in [5, 5.41) is 10.4. The van der Waals surface area contributed by atoms with Crippen molar-refractivity contribution in [2.24, 2.45) is 13.0 Å². The molecule has 0 spiro atoms. The molecule has 2 heterocycles. The van der Waals surface area contributed by atoms with Crippen LogP contribution in [0.1, 0.15) is 34.6 Å². The number of anilines is 2. The minimum Gasteiger partial charge on any atom is -0.403 e. The van der Waals surface area contributed by atoms with Crippen LogP contribution in [-0.2, 0) is 7.05 Å². The van der Waals surface area contributed by atoms with E-state index in [4.69, 9.17) is 4.74 Å². The number of aryl methyl sites for hydroxylation is 1. The highest BCUT2D eigenvalue weighted by Gasteiger charge is 2.15. The Bertz CT molecular complexity index is 781. The molecule has 25 heavy (non-hydrogen) atoms. The molecule has 0 amide bonds. The van der Waals surface area contributed by atoms with Gasteiger partial charge >= 0.3 is 6.01 Å². The number of hydrogen-bond acceptors (Lipinski definition) is 8. The molecule has 2 N–H and O–H groups in total. The summed E-state index contributed by atoms with van der Waals surface area (Å²) in [6.45, 7) is 10.9. The predicted molar refractivity (Wildman–Crippen MR) is 96.1 cm³/mol. The Morgan fingerprint density at radius 3 is 2.44 bits per heavy atom. The van der Waals surface area contributed by atoms with E-state index in [1.165, 1.54) is 16.8 Å². The monoisotopic (exact) mass is 347 g/mol. The number of ether oxygens (including phenoxy) is 1. The van der Waals surface area contributed by atoms with Gasteiger partial charge in [0.05, 0.1) is 0 Å². The lowest BCUT2D eigenvalue weighted by Gasteiger charge is -2.21. The average Bonchev–Trinajstić information content (AvgIpc) is 2.47.